The number of sulfonamides is 1. The smallest absolute Gasteiger partial charge is 0.216 e. The van der Waals surface area contributed by atoms with E-state index in [1.165, 1.54) is 0 Å². The van der Waals surface area contributed by atoms with Crippen LogP contribution in [0.3, 0.4) is 0 Å². The van der Waals surface area contributed by atoms with Crippen molar-refractivity contribution in [3.63, 3.8) is 0 Å². The first-order valence-electron chi connectivity index (χ1n) is 5.47. The first-order chi connectivity index (χ1) is 6.72. The molecule has 0 aromatic carbocycles. The van der Waals surface area contributed by atoms with Crippen LogP contribution in [0.1, 0.15) is 40.5 Å². The Morgan fingerprint density at radius 1 is 1.27 bits per heavy atom. The highest BCUT2D eigenvalue weighted by Gasteiger charge is 2.32. The zero-order chi connectivity index (χ0) is 11.7. The van der Waals surface area contributed by atoms with Crippen molar-refractivity contribution in [2.75, 3.05) is 6.54 Å². The fourth-order valence-electron chi connectivity index (χ4n) is 1.50. The minimum atomic E-state index is -3.20. The van der Waals surface area contributed by atoms with Crippen LogP contribution < -0.4 is 10.0 Å². The second-order valence-electron chi connectivity index (χ2n) is 5.32. The first kappa shape index (κ1) is 12.9. The van der Waals surface area contributed by atoms with Gasteiger partial charge >= 0.3 is 0 Å². The number of piperidine rings is 1. The van der Waals surface area contributed by atoms with Gasteiger partial charge in [-0.3, -0.25) is 0 Å². The summed E-state index contributed by atoms with van der Waals surface area (Å²) in [6.07, 6.45) is 1.95. The molecule has 0 aromatic rings. The summed E-state index contributed by atoms with van der Waals surface area (Å²) in [4.78, 5) is 0. The number of hydrogen-bond acceptors (Lipinski definition) is 3. The monoisotopic (exact) mass is 234 g/mol. The Labute approximate surface area is 92.9 Å². The summed E-state index contributed by atoms with van der Waals surface area (Å²) in [5, 5.41) is 3.28. The Hall–Kier alpha value is -0.130. The number of rotatable bonds is 2. The predicted molar refractivity (Wildman–Crippen MR) is 62.3 cm³/mol. The molecule has 2 N–H and O–H groups in total. The minimum Gasteiger partial charge on any atom is -0.313 e. The molecule has 0 aromatic heterocycles. The van der Waals surface area contributed by atoms with Crippen molar-refractivity contribution in [3.05, 3.63) is 0 Å². The second kappa shape index (κ2) is 4.39. The van der Waals surface area contributed by atoms with Gasteiger partial charge in [0.2, 0.25) is 10.0 Å². The van der Waals surface area contributed by atoms with Gasteiger partial charge in [-0.25, -0.2) is 13.1 Å². The van der Waals surface area contributed by atoms with Gasteiger partial charge in [0.05, 0.1) is 4.75 Å². The van der Waals surface area contributed by atoms with Crippen LogP contribution >= 0.6 is 0 Å². The third-order valence-electron chi connectivity index (χ3n) is 2.79. The van der Waals surface area contributed by atoms with Crippen molar-refractivity contribution < 1.29 is 8.42 Å². The summed E-state index contributed by atoms with van der Waals surface area (Å²) in [5.74, 6) is 0. The average Bonchev–Trinajstić information content (AvgIpc) is 2.06. The quantitative estimate of drug-likeness (QED) is 0.744. The second-order valence-corrected chi connectivity index (χ2v) is 7.78. The molecule has 1 rings (SSSR count). The standard InChI is InChI=1S/C10H22N2O2S/c1-8-5-6-9(7-11-8)12-15(13,14)10(2,3)4/h8-9,11-12H,5-7H2,1-4H3. The lowest BCUT2D eigenvalue weighted by atomic mass is 10.0. The molecule has 0 bridgehead atoms. The number of hydrogen-bond donors (Lipinski definition) is 2. The van der Waals surface area contributed by atoms with Gasteiger partial charge in [0.15, 0.2) is 0 Å². The highest BCUT2D eigenvalue weighted by molar-refractivity contribution is 7.90. The molecule has 2 unspecified atom stereocenters. The largest absolute Gasteiger partial charge is 0.313 e. The molecule has 15 heavy (non-hydrogen) atoms. The molecule has 0 spiro atoms. The molecule has 0 aliphatic carbocycles. The predicted octanol–water partition coefficient (Wildman–Crippen LogP) is 0.845. The Kier molecular flexibility index (Phi) is 3.79. The summed E-state index contributed by atoms with van der Waals surface area (Å²) in [7, 11) is -3.20. The Bertz CT molecular complexity index is 298. The summed E-state index contributed by atoms with van der Waals surface area (Å²) in [5.41, 5.74) is 0. The maximum absolute atomic E-state index is 11.9. The molecule has 0 amide bonds. The van der Waals surface area contributed by atoms with Gasteiger partial charge in [-0.1, -0.05) is 0 Å². The highest BCUT2D eigenvalue weighted by atomic mass is 32.2. The summed E-state index contributed by atoms with van der Waals surface area (Å²) >= 11 is 0. The van der Waals surface area contributed by atoms with Gasteiger partial charge in [0.25, 0.3) is 0 Å². The van der Waals surface area contributed by atoms with Crippen LogP contribution in [0.15, 0.2) is 0 Å². The molecule has 2 atom stereocenters. The van der Waals surface area contributed by atoms with E-state index in [4.69, 9.17) is 0 Å². The molecule has 1 saturated heterocycles. The van der Waals surface area contributed by atoms with E-state index >= 15 is 0 Å². The van der Waals surface area contributed by atoms with Crippen LogP contribution in [0.5, 0.6) is 0 Å². The molecule has 5 heteroatoms. The topological polar surface area (TPSA) is 58.2 Å². The lowest BCUT2D eigenvalue weighted by Crippen LogP contribution is -2.52. The van der Waals surface area contributed by atoms with Crippen LogP contribution in [-0.2, 0) is 10.0 Å². The van der Waals surface area contributed by atoms with Crippen LogP contribution in [0.2, 0.25) is 0 Å². The summed E-state index contributed by atoms with van der Waals surface area (Å²) < 4.78 is 25.8. The summed E-state index contributed by atoms with van der Waals surface area (Å²) in [6.45, 7) is 8.00. The van der Waals surface area contributed by atoms with E-state index in [1.54, 1.807) is 20.8 Å². The van der Waals surface area contributed by atoms with Crippen molar-refractivity contribution in [2.24, 2.45) is 0 Å². The SMILES string of the molecule is CC1CCC(NS(=O)(=O)C(C)(C)C)CN1. The first-order valence-corrected chi connectivity index (χ1v) is 6.96. The van der Waals surface area contributed by atoms with Gasteiger partial charge in [0, 0.05) is 18.6 Å². The Balaban J connectivity index is 2.56. The van der Waals surface area contributed by atoms with Crippen molar-refractivity contribution in [1.82, 2.24) is 10.0 Å². The fraction of sp³-hybridized carbons (Fsp3) is 1.00. The van der Waals surface area contributed by atoms with Crippen LogP contribution in [0.25, 0.3) is 0 Å². The normalized spacial score (nSPS) is 29.1. The van der Waals surface area contributed by atoms with Crippen molar-refractivity contribution in [3.8, 4) is 0 Å². The Morgan fingerprint density at radius 3 is 2.27 bits per heavy atom. The van der Waals surface area contributed by atoms with Crippen LogP contribution in [0, 0.1) is 0 Å². The molecule has 1 fully saturated rings. The molecular weight excluding hydrogens is 212 g/mol. The Morgan fingerprint density at radius 2 is 1.87 bits per heavy atom. The molecule has 1 aliphatic rings. The minimum absolute atomic E-state index is 0.0467. The lowest BCUT2D eigenvalue weighted by molar-refractivity contribution is 0.364. The van der Waals surface area contributed by atoms with E-state index in [-0.39, 0.29) is 6.04 Å². The van der Waals surface area contributed by atoms with Crippen molar-refractivity contribution >= 4 is 10.0 Å². The van der Waals surface area contributed by atoms with E-state index in [0.717, 1.165) is 19.4 Å². The molecular formula is C10H22N2O2S. The van der Waals surface area contributed by atoms with Gasteiger partial charge in [0.1, 0.15) is 0 Å². The van der Waals surface area contributed by atoms with Gasteiger partial charge in [-0.05, 0) is 40.5 Å². The molecule has 4 nitrogen and oxygen atoms in total. The maximum Gasteiger partial charge on any atom is 0.216 e. The highest BCUT2D eigenvalue weighted by Crippen LogP contribution is 2.16. The number of nitrogens with one attached hydrogen (secondary N) is 2. The lowest BCUT2D eigenvalue weighted by Gasteiger charge is -2.30. The zero-order valence-corrected chi connectivity index (χ0v) is 10.8. The molecule has 90 valence electrons. The van der Waals surface area contributed by atoms with Crippen LogP contribution in [0.4, 0.5) is 0 Å². The van der Waals surface area contributed by atoms with Crippen LogP contribution in [-0.4, -0.2) is 31.8 Å². The van der Waals surface area contributed by atoms with E-state index < -0.39 is 14.8 Å². The fourth-order valence-corrected chi connectivity index (χ4v) is 2.49. The average molecular weight is 234 g/mol. The van der Waals surface area contributed by atoms with Crippen molar-refractivity contribution in [2.45, 2.75) is 57.4 Å². The van der Waals surface area contributed by atoms with Gasteiger partial charge in [-0.2, -0.15) is 0 Å². The van der Waals surface area contributed by atoms with E-state index in [9.17, 15) is 8.42 Å². The molecule has 0 saturated carbocycles. The van der Waals surface area contributed by atoms with E-state index in [0.29, 0.717) is 6.04 Å². The third-order valence-corrected chi connectivity index (χ3v) is 5.04. The van der Waals surface area contributed by atoms with Gasteiger partial charge < -0.3 is 5.32 Å². The van der Waals surface area contributed by atoms with E-state index in [1.807, 2.05) is 0 Å². The zero-order valence-electron chi connectivity index (χ0n) is 10.0. The van der Waals surface area contributed by atoms with Crippen molar-refractivity contribution in [1.29, 1.82) is 0 Å². The summed E-state index contributed by atoms with van der Waals surface area (Å²) in [6, 6.07) is 0.547. The molecule has 1 heterocycles. The molecule has 1 aliphatic heterocycles. The third kappa shape index (κ3) is 3.43. The van der Waals surface area contributed by atoms with E-state index in [2.05, 4.69) is 17.0 Å². The van der Waals surface area contributed by atoms with Gasteiger partial charge in [-0.15, -0.1) is 0 Å². The maximum atomic E-state index is 11.9. The molecule has 0 radical (unpaired) electrons.